The second kappa shape index (κ2) is 10.9. The number of hydrogen-bond donors (Lipinski definition) is 2. The van der Waals surface area contributed by atoms with Crippen molar-refractivity contribution in [3.63, 3.8) is 0 Å². The van der Waals surface area contributed by atoms with Gasteiger partial charge in [0.15, 0.2) is 5.96 Å². The maximum Gasteiger partial charge on any atom is 0.190 e. The third kappa shape index (κ3) is 7.17. The van der Waals surface area contributed by atoms with Crippen molar-refractivity contribution < 1.29 is 4.42 Å². The Morgan fingerprint density at radius 2 is 2.05 bits per heavy atom. The van der Waals surface area contributed by atoms with Crippen LogP contribution in [0.4, 0.5) is 0 Å². The standard InChI is InChI=1S/C15H26N4O.HI/c1-16-15(18-9-7-14-6-4-13-20-14)17-8-5-12-19-10-2-3-11-19;/h4,6,13H,2-3,5,7-12H2,1H3,(H2,16,17,18);1H. The maximum absolute atomic E-state index is 5.30. The van der Waals surface area contributed by atoms with Gasteiger partial charge in [-0.1, -0.05) is 0 Å². The molecule has 1 aliphatic heterocycles. The molecule has 2 N–H and O–H groups in total. The Hall–Kier alpha value is -0.760. The van der Waals surface area contributed by atoms with Gasteiger partial charge >= 0.3 is 0 Å². The summed E-state index contributed by atoms with van der Waals surface area (Å²) in [5.74, 6) is 1.87. The predicted molar refractivity (Wildman–Crippen MR) is 97.5 cm³/mol. The predicted octanol–water partition coefficient (Wildman–Crippen LogP) is 2.09. The number of nitrogens with zero attached hydrogens (tertiary/aromatic N) is 2. The van der Waals surface area contributed by atoms with Gasteiger partial charge in [-0.05, 0) is 51.0 Å². The number of hydrogen-bond acceptors (Lipinski definition) is 3. The van der Waals surface area contributed by atoms with Crippen molar-refractivity contribution in [1.82, 2.24) is 15.5 Å². The van der Waals surface area contributed by atoms with Crippen molar-refractivity contribution in [3.05, 3.63) is 24.2 Å². The third-order valence-electron chi connectivity index (χ3n) is 3.61. The van der Waals surface area contributed by atoms with Crippen molar-refractivity contribution in [2.24, 2.45) is 4.99 Å². The van der Waals surface area contributed by atoms with E-state index < -0.39 is 0 Å². The van der Waals surface area contributed by atoms with E-state index in [0.717, 1.165) is 31.2 Å². The van der Waals surface area contributed by atoms with Crippen LogP contribution in [0.2, 0.25) is 0 Å². The molecule has 0 radical (unpaired) electrons. The summed E-state index contributed by atoms with van der Waals surface area (Å²) in [4.78, 5) is 6.76. The zero-order valence-electron chi connectivity index (χ0n) is 12.8. The number of guanidine groups is 1. The molecule has 21 heavy (non-hydrogen) atoms. The van der Waals surface area contributed by atoms with Crippen LogP contribution >= 0.6 is 24.0 Å². The van der Waals surface area contributed by atoms with E-state index in [0.29, 0.717) is 0 Å². The normalized spacial score (nSPS) is 15.8. The Kier molecular flexibility index (Phi) is 9.49. The topological polar surface area (TPSA) is 52.8 Å². The van der Waals surface area contributed by atoms with Gasteiger partial charge in [0, 0.05) is 26.6 Å². The smallest absolute Gasteiger partial charge is 0.190 e. The molecule has 0 saturated carbocycles. The number of likely N-dealkylation sites (tertiary alicyclic amines) is 1. The first kappa shape index (κ1) is 18.3. The van der Waals surface area contributed by atoms with Crippen LogP contribution in [-0.4, -0.2) is 50.6 Å². The van der Waals surface area contributed by atoms with Gasteiger partial charge in [0.25, 0.3) is 0 Å². The summed E-state index contributed by atoms with van der Waals surface area (Å²) in [6, 6.07) is 3.91. The Labute approximate surface area is 144 Å². The van der Waals surface area contributed by atoms with Gasteiger partial charge < -0.3 is 20.0 Å². The Balaban J connectivity index is 0.00000220. The first-order valence-corrected chi connectivity index (χ1v) is 7.58. The molecule has 2 rings (SSSR count). The van der Waals surface area contributed by atoms with Crippen LogP contribution in [0.15, 0.2) is 27.8 Å². The minimum atomic E-state index is 0. The number of nitrogens with one attached hydrogen (secondary N) is 2. The van der Waals surface area contributed by atoms with E-state index in [2.05, 4.69) is 20.5 Å². The minimum Gasteiger partial charge on any atom is -0.469 e. The highest BCUT2D eigenvalue weighted by molar-refractivity contribution is 14.0. The quantitative estimate of drug-likeness (QED) is 0.315. The molecular formula is C15H27IN4O. The molecule has 0 amide bonds. The molecule has 0 aromatic carbocycles. The highest BCUT2D eigenvalue weighted by Gasteiger charge is 2.10. The van der Waals surface area contributed by atoms with E-state index >= 15 is 0 Å². The number of rotatable bonds is 7. The van der Waals surface area contributed by atoms with E-state index in [1.165, 1.54) is 38.9 Å². The van der Waals surface area contributed by atoms with Crippen molar-refractivity contribution in [2.75, 3.05) is 39.8 Å². The van der Waals surface area contributed by atoms with Gasteiger partial charge in [0.1, 0.15) is 5.76 Å². The molecule has 1 saturated heterocycles. The number of halogens is 1. The van der Waals surface area contributed by atoms with Gasteiger partial charge in [-0.25, -0.2) is 0 Å². The first-order chi connectivity index (χ1) is 9.88. The highest BCUT2D eigenvalue weighted by atomic mass is 127. The monoisotopic (exact) mass is 406 g/mol. The molecule has 0 aliphatic carbocycles. The summed E-state index contributed by atoms with van der Waals surface area (Å²) in [6.45, 7) is 5.54. The van der Waals surface area contributed by atoms with E-state index in [4.69, 9.17) is 4.42 Å². The molecule has 1 fully saturated rings. The summed E-state index contributed by atoms with van der Waals surface area (Å²) in [5.41, 5.74) is 0. The number of furan rings is 1. The summed E-state index contributed by atoms with van der Waals surface area (Å²) >= 11 is 0. The molecule has 2 heterocycles. The highest BCUT2D eigenvalue weighted by Crippen LogP contribution is 2.06. The van der Waals surface area contributed by atoms with E-state index in [1.807, 2.05) is 19.2 Å². The first-order valence-electron chi connectivity index (χ1n) is 7.58. The van der Waals surface area contributed by atoms with Crippen LogP contribution in [0.5, 0.6) is 0 Å². The fourth-order valence-electron chi connectivity index (χ4n) is 2.50. The Bertz CT molecular complexity index is 388. The fourth-order valence-corrected chi connectivity index (χ4v) is 2.50. The fraction of sp³-hybridized carbons (Fsp3) is 0.667. The molecule has 1 aromatic heterocycles. The number of aliphatic imine (C=N–C) groups is 1. The largest absolute Gasteiger partial charge is 0.469 e. The molecule has 6 heteroatoms. The van der Waals surface area contributed by atoms with Gasteiger partial charge in [0.2, 0.25) is 0 Å². The van der Waals surface area contributed by atoms with Gasteiger partial charge in [-0.3, -0.25) is 4.99 Å². The molecule has 120 valence electrons. The Morgan fingerprint density at radius 1 is 1.29 bits per heavy atom. The third-order valence-corrected chi connectivity index (χ3v) is 3.61. The molecule has 0 bridgehead atoms. The molecule has 1 aromatic rings. The van der Waals surface area contributed by atoms with E-state index in [1.54, 1.807) is 6.26 Å². The second-order valence-electron chi connectivity index (χ2n) is 5.16. The lowest BCUT2D eigenvalue weighted by Crippen LogP contribution is -2.39. The van der Waals surface area contributed by atoms with Crippen molar-refractivity contribution in [3.8, 4) is 0 Å². The van der Waals surface area contributed by atoms with Crippen LogP contribution in [0, 0.1) is 0 Å². The van der Waals surface area contributed by atoms with E-state index in [9.17, 15) is 0 Å². The average molecular weight is 406 g/mol. The van der Waals surface area contributed by atoms with Crippen LogP contribution in [0.25, 0.3) is 0 Å². The van der Waals surface area contributed by atoms with Gasteiger partial charge in [0.05, 0.1) is 6.26 Å². The van der Waals surface area contributed by atoms with Crippen molar-refractivity contribution in [2.45, 2.75) is 25.7 Å². The lowest BCUT2D eigenvalue weighted by atomic mass is 10.3. The molecular weight excluding hydrogens is 379 g/mol. The maximum atomic E-state index is 5.30. The molecule has 5 nitrogen and oxygen atoms in total. The van der Waals surface area contributed by atoms with Gasteiger partial charge in [-0.15, -0.1) is 24.0 Å². The van der Waals surface area contributed by atoms with Crippen LogP contribution < -0.4 is 10.6 Å². The molecule has 1 aliphatic rings. The molecule has 0 spiro atoms. The summed E-state index contributed by atoms with van der Waals surface area (Å²) in [7, 11) is 1.81. The second-order valence-corrected chi connectivity index (χ2v) is 5.16. The lowest BCUT2D eigenvalue weighted by molar-refractivity contribution is 0.334. The molecule has 0 unspecified atom stereocenters. The SMILES string of the molecule is CN=C(NCCCN1CCCC1)NCCc1ccco1.I. The van der Waals surface area contributed by atoms with Crippen LogP contribution in [-0.2, 0) is 6.42 Å². The zero-order valence-corrected chi connectivity index (χ0v) is 15.1. The van der Waals surface area contributed by atoms with Crippen LogP contribution in [0.1, 0.15) is 25.0 Å². The zero-order chi connectivity index (χ0) is 14.0. The minimum absolute atomic E-state index is 0. The van der Waals surface area contributed by atoms with Crippen molar-refractivity contribution in [1.29, 1.82) is 0 Å². The summed E-state index contributed by atoms with van der Waals surface area (Å²) in [5, 5.41) is 6.66. The average Bonchev–Trinajstić information content (AvgIpc) is 3.14. The van der Waals surface area contributed by atoms with Gasteiger partial charge in [-0.2, -0.15) is 0 Å². The summed E-state index contributed by atoms with van der Waals surface area (Å²) in [6.07, 6.45) is 6.48. The van der Waals surface area contributed by atoms with Crippen molar-refractivity contribution >= 4 is 29.9 Å². The Morgan fingerprint density at radius 3 is 2.71 bits per heavy atom. The lowest BCUT2D eigenvalue weighted by Gasteiger charge is -2.15. The van der Waals surface area contributed by atoms with Crippen LogP contribution in [0.3, 0.4) is 0 Å². The molecule has 0 atom stereocenters. The van der Waals surface area contributed by atoms with E-state index in [-0.39, 0.29) is 24.0 Å². The summed E-state index contributed by atoms with van der Waals surface area (Å²) < 4.78 is 5.30.